The Hall–Kier alpha value is -2.54. The predicted molar refractivity (Wildman–Crippen MR) is 135 cm³/mol. The molecule has 0 spiro atoms. The number of piperidine rings is 1. The van der Waals surface area contributed by atoms with E-state index < -0.39 is 0 Å². The highest BCUT2D eigenvalue weighted by Crippen LogP contribution is 2.25. The van der Waals surface area contributed by atoms with Gasteiger partial charge in [-0.2, -0.15) is 0 Å². The van der Waals surface area contributed by atoms with E-state index in [-0.39, 0.29) is 11.8 Å². The van der Waals surface area contributed by atoms with Crippen LogP contribution in [-0.2, 0) is 4.79 Å². The zero-order valence-electron chi connectivity index (χ0n) is 20.8. The van der Waals surface area contributed by atoms with E-state index in [1.54, 1.807) is 7.11 Å². The maximum atomic E-state index is 13.0. The predicted octanol–water partition coefficient (Wildman–Crippen LogP) is 4.19. The lowest BCUT2D eigenvalue weighted by Crippen LogP contribution is -2.40. The number of likely N-dealkylation sites (tertiary alicyclic amines) is 2. The first kappa shape index (κ1) is 24.6. The lowest BCUT2D eigenvalue weighted by Gasteiger charge is -2.31. The number of hydrogen-bond acceptors (Lipinski definition) is 4. The molecule has 2 aliphatic heterocycles. The molecule has 2 aliphatic rings. The summed E-state index contributed by atoms with van der Waals surface area (Å²) in [5.74, 6) is 1.29. The lowest BCUT2D eigenvalue weighted by molar-refractivity contribution is -0.122. The van der Waals surface area contributed by atoms with E-state index in [2.05, 4.69) is 22.1 Å². The molecule has 7 nitrogen and oxygen atoms in total. The number of nitrogens with zero attached hydrogens (tertiary/aromatic N) is 2. The monoisotopic (exact) mass is 468 g/mol. The molecular weight excluding hydrogens is 428 g/mol. The number of aromatic amines is 1. The van der Waals surface area contributed by atoms with Gasteiger partial charge < -0.3 is 24.8 Å². The zero-order valence-corrected chi connectivity index (χ0v) is 20.8. The van der Waals surface area contributed by atoms with Crippen LogP contribution < -0.4 is 10.1 Å². The second kappa shape index (κ2) is 11.7. The summed E-state index contributed by atoms with van der Waals surface area (Å²) in [6.07, 6.45) is 8.61. The molecule has 7 heteroatoms. The average molecular weight is 469 g/mol. The van der Waals surface area contributed by atoms with Crippen molar-refractivity contribution in [1.29, 1.82) is 0 Å². The van der Waals surface area contributed by atoms with Crippen molar-refractivity contribution >= 4 is 22.7 Å². The summed E-state index contributed by atoms with van der Waals surface area (Å²) in [5, 5.41) is 4.14. The number of benzene rings is 1. The molecule has 2 aromatic rings. The van der Waals surface area contributed by atoms with Gasteiger partial charge in [-0.1, -0.05) is 12.8 Å². The summed E-state index contributed by atoms with van der Waals surface area (Å²) in [6.45, 7) is 6.81. The fraction of sp³-hybridized carbons (Fsp3) is 0.630. The van der Waals surface area contributed by atoms with Crippen LogP contribution in [0.4, 0.5) is 0 Å². The van der Waals surface area contributed by atoms with Crippen molar-refractivity contribution in [2.45, 2.75) is 64.3 Å². The third kappa shape index (κ3) is 6.32. The number of H-pyrrole nitrogens is 1. The van der Waals surface area contributed by atoms with Gasteiger partial charge in [-0.15, -0.1) is 0 Å². The van der Waals surface area contributed by atoms with E-state index in [1.165, 1.54) is 38.8 Å². The Morgan fingerprint density at radius 1 is 1.09 bits per heavy atom. The number of fused-ring (bicyclic) bond motifs is 1. The SMILES string of the molecule is COc1ccc2cc(C(=O)N3CCC(CC(=O)NCC[C@H](C)N4CCCCCC4)CC3)[nH]c2c1. The highest BCUT2D eigenvalue weighted by Gasteiger charge is 2.26. The van der Waals surface area contributed by atoms with E-state index >= 15 is 0 Å². The van der Waals surface area contributed by atoms with Gasteiger partial charge in [0.25, 0.3) is 5.91 Å². The van der Waals surface area contributed by atoms with Crippen molar-refractivity contribution in [2.75, 3.05) is 39.8 Å². The number of rotatable bonds is 8. The molecule has 0 aliphatic carbocycles. The summed E-state index contributed by atoms with van der Waals surface area (Å²) in [7, 11) is 1.64. The minimum atomic E-state index is 0.0283. The van der Waals surface area contributed by atoms with Crippen LogP contribution in [-0.4, -0.2) is 72.5 Å². The Morgan fingerprint density at radius 3 is 2.53 bits per heavy atom. The summed E-state index contributed by atoms with van der Waals surface area (Å²) in [6, 6.07) is 8.20. The topological polar surface area (TPSA) is 77.7 Å². The Bertz CT molecular complexity index is 956. The summed E-state index contributed by atoms with van der Waals surface area (Å²) in [5.41, 5.74) is 1.51. The van der Waals surface area contributed by atoms with E-state index in [9.17, 15) is 9.59 Å². The van der Waals surface area contributed by atoms with Crippen LogP contribution in [0.25, 0.3) is 10.9 Å². The number of amides is 2. The first-order valence-electron chi connectivity index (χ1n) is 13.0. The van der Waals surface area contributed by atoms with Crippen LogP contribution in [0, 0.1) is 5.92 Å². The Morgan fingerprint density at radius 2 is 1.82 bits per heavy atom. The van der Waals surface area contributed by atoms with Crippen molar-refractivity contribution in [3.63, 3.8) is 0 Å². The smallest absolute Gasteiger partial charge is 0.270 e. The average Bonchev–Trinajstić information content (AvgIpc) is 3.08. The second-order valence-corrected chi connectivity index (χ2v) is 10.0. The summed E-state index contributed by atoms with van der Waals surface area (Å²) >= 11 is 0. The maximum absolute atomic E-state index is 13.0. The molecule has 3 heterocycles. The van der Waals surface area contributed by atoms with Gasteiger partial charge in [0.1, 0.15) is 11.4 Å². The minimum Gasteiger partial charge on any atom is -0.497 e. The highest BCUT2D eigenvalue weighted by atomic mass is 16.5. The van der Waals surface area contributed by atoms with Crippen LogP contribution in [0.5, 0.6) is 5.75 Å². The first-order chi connectivity index (χ1) is 16.5. The normalized spacial score (nSPS) is 19.1. The molecule has 2 saturated heterocycles. The van der Waals surface area contributed by atoms with Gasteiger partial charge in [0.15, 0.2) is 0 Å². The minimum absolute atomic E-state index is 0.0283. The number of carbonyl (C=O) groups is 2. The number of carbonyl (C=O) groups excluding carboxylic acids is 2. The summed E-state index contributed by atoms with van der Waals surface area (Å²) in [4.78, 5) is 33.2. The molecule has 0 saturated carbocycles. The van der Waals surface area contributed by atoms with Crippen molar-refractivity contribution in [2.24, 2.45) is 5.92 Å². The number of aromatic nitrogens is 1. The quantitative estimate of drug-likeness (QED) is 0.609. The van der Waals surface area contributed by atoms with Crippen LogP contribution in [0.2, 0.25) is 0 Å². The van der Waals surface area contributed by atoms with Crippen molar-refractivity contribution in [1.82, 2.24) is 20.1 Å². The van der Waals surface area contributed by atoms with Gasteiger partial charge in [-0.3, -0.25) is 9.59 Å². The molecule has 186 valence electrons. The zero-order chi connectivity index (χ0) is 23.9. The van der Waals surface area contributed by atoms with Crippen molar-refractivity contribution < 1.29 is 14.3 Å². The standard InChI is InChI=1S/C27H40N4O3/c1-20(30-13-5-3-4-6-14-30)9-12-28-26(32)17-21-10-15-31(16-11-21)27(33)25-18-22-7-8-23(34-2)19-24(22)29-25/h7-8,18-21,29H,3-6,9-17H2,1-2H3,(H,28,32)/t20-/m0/s1. The van der Waals surface area contributed by atoms with Gasteiger partial charge in [0, 0.05) is 49.1 Å². The molecule has 1 aromatic heterocycles. The maximum Gasteiger partial charge on any atom is 0.270 e. The second-order valence-electron chi connectivity index (χ2n) is 10.0. The molecule has 0 bridgehead atoms. The van der Waals surface area contributed by atoms with Crippen molar-refractivity contribution in [3.05, 3.63) is 30.0 Å². The van der Waals surface area contributed by atoms with Crippen LogP contribution in [0.15, 0.2) is 24.3 Å². The molecular formula is C27H40N4O3. The Kier molecular flexibility index (Phi) is 8.48. The largest absolute Gasteiger partial charge is 0.497 e. The van der Waals surface area contributed by atoms with E-state index in [0.29, 0.717) is 37.2 Å². The lowest BCUT2D eigenvalue weighted by atomic mass is 9.93. The molecule has 1 aromatic carbocycles. The molecule has 34 heavy (non-hydrogen) atoms. The van der Waals surface area contributed by atoms with E-state index in [4.69, 9.17) is 4.74 Å². The van der Waals surface area contributed by atoms with E-state index in [1.807, 2.05) is 29.2 Å². The van der Waals surface area contributed by atoms with Crippen LogP contribution >= 0.6 is 0 Å². The highest BCUT2D eigenvalue weighted by molar-refractivity contribution is 5.98. The van der Waals surface area contributed by atoms with Gasteiger partial charge in [-0.05, 0) is 76.2 Å². The molecule has 4 rings (SSSR count). The molecule has 2 fully saturated rings. The third-order valence-corrected chi connectivity index (χ3v) is 7.58. The Balaban J connectivity index is 1.18. The fourth-order valence-corrected chi connectivity index (χ4v) is 5.33. The van der Waals surface area contributed by atoms with Gasteiger partial charge in [0.2, 0.25) is 5.91 Å². The van der Waals surface area contributed by atoms with Gasteiger partial charge >= 0.3 is 0 Å². The van der Waals surface area contributed by atoms with E-state index in [0.717, 1.165) is 42.5 Å². The van der Waals surface area contributed by atoms with Crippen LogP contribution in [0.3, 0.4) is 0 Å². The number of methoxy groups -OCH3 is 1. The first-order valence-corrected chi connectivity index (χ1v) is 13.0. The molecule has 0 unspecified atom stereocenters. The van der Waals surface area contributed by atoms with Gasteiger partial charge in [0.05, 0.1) is 7.11 Å². The number of hydrogen-bond donors (Lipinski definition) is 2. The third-order valence-electron chi connectivity index (χ3n) is 7.58. The molecule has 2 amide bonds. The number of ether oxygens (including phenoxy) is 1. The summed E-state index contributed by atoms with van der Waals surface area (Å²) < 4.78 is 5.27. The molecule has 2 N–H and O–H groups in total. The van der Waals surface area contributed by atoms with Gasteiger partial charge in [-0.25, -0.2) is 0 Å². The molecule has 1 atom stereocenters. The number of nitrogens with one attached hydrogen (secondary N) is 2. The molecule has 0 radical (unpaired) electrons. The van der Waals surface area contributed by atoms with Crippen molar-refractivity contribution in [3.8, 4) is 5.75 Å². The fourth-order valence-electron chi connectivity index (χ4n) is 5.33. The Labute approximate surface area is 203 Å². The van der Waals surface area contributed by atoms with Crippen LogP contribution in [0.1, 0.15) is 68.8 Å².